The largest absolute Gasteiger partial charge is 0.468 e. The van der Waals surface area contributed by atoms with Gasteiger partial charge in [0.05, 0.1) is 7.11 Å². The Morgan fingerprint density at radius 1 is 1.28 bits per heavy atom. The maximum atomic E-state index is 11.2. The number of piperidine rings is 1. The molecule has 104 valence electrons. The van der Waals surface area contributed by atoms with Crippen LogP contribution in [0.3, 0.4) is 0 Å². The average Bonchev–Trinajstić information content (AvgIpc) is 2.85. The van der Waals surface area contributed by atoms with E-state index in [-0.39, 0.29) is 5.97 Å². The van der Waals surface area contributed by atoms with Gasteiger partial charge in [-0.3, -0.25) is 4.79 Å². The first-order valence-electron chi connectivity index (χ1n) is 7.21. The fourth-order valence-corrected chi connectivity index (χ4v) is 3.47. The Morgan fingerprint density at radius 3 is 2.44 bits per heavy atom. The summed E-state index contributed by atoms with van der Waals surface area (Å²) in [6.45, 7) is 3.27. The second kappa shape index (κ2) is 6.02. The molecule has 0 aromatic rings. The Morgan fingerprint density at radius 2 is 1.89 bits per heavy atom. The molecule has 1 spiro atoms. The highest BCUT2D eigenvalue weighted by molar-refractivity contribution is 5.75. The molecule has 4 nitrogen and oxygen atoms in total. The van der Waals surface area contributed by atoms with Crippen molar-refractivity contribution in [1.29, 1.82) is 0 Å². The summed E-state index contributed by atoms with van der Waals surface area (Å²) in [5.41, 5.74) is 6.43. The maximum Gasteiger partial charge on any atom is 0.322 e. The molecule has 1 aliphatic heterocycles. The lowest BCUT2D eigenvalue weighted by Crippen LogP contribution is -2.42. The van der Waals surface area contributed by atoms with E-state index in [2.05, 4.69) is 9.64 Å². The van der Waals surface area contributed by atoms with Gasteiger partial charge < -0.3 is 15.4 Å². The number of nitrogens with two attached hydrogens (primary N) is 1. The highest BCUT2D eigenvalue weighted by Crippen LogP contribution is 2.46. The van der Waals surface area contributed by atoms with Crippen molar-refractivity contribution in [3.8, 4) is 0 Å². The van der Waals surface area contributed by atoms with E-state index in [0.717, 1.165) is 6.54 Å². The van der Waals surface area contributed by atoms with Gasteiger partial charge in [0.2, 0.25) is 0 Å². The van der Waals surface area contributed by atoms with Gasteiger partial charge in [-0.15, -0.1) is 0 Å². The Hall–Kier alpha value is -0.610. The predicted octanol–water partition coefficient (Wildman–Crippen LogP) is 1.53. The number of carbonyl (C=O) groups is 1. The normalized spacial score (nSPS) is 25.2. The van der Waals surface area contributed by atoms with Crippen LogP contribution in [-0.2, 0) is 9.53 Å². The van der Waals surface area contributed by atoms with E-state index in [4.69, 9.17) is 5.73 Å². The zero-order chi connectivity index (χ0) is 13.0. The number of nitrogens with zero attached hydrogens (tertiary/aromatic N) is 1. The van der Waals surface area contributed by atoms with Crippen molar-refractivity contribution in [3.05, 3.63) is 0 Å². The van der Waals surface area contributed by atoms with Crippen molar-refractivity contribution >= 4 is 5.97 Å². The third-order valence-corrected chi connectivity index (χ3v) is 4.84. The fourth-order valence-electron chi connectivity index (χ4n) is 3.47. The van der Waals surface area contributed by atoms with Crippen molar-refractivity contribution in [2.75, 3.05) is 26.7 Å². The number of esters is 1. The molecular weight excluding hydrogens is 228 g/mol. The molecule has 0 aromatic carbocycles. The monoisotopic (exact) mass is 254 g/mol. The van der Waals surface area contributed by atoms with Gasteiger partial charge in [-0.25, -0.2) is 0 Å². The van der Waals surface area contributed by atoms with Crippen molar-refractivity contribution in [3.63, 3.8) is 0 Å². The molecule has 2 fully saturated rings. The van der Waals surface area contributed by atoms with Crippen LogP contribution in [0.5, 0.6) is 0 Å². The van der Waals surface area contributed by atoms with E-state index in [1.54, 1.807) is 0 Å². The summed E-state index contributed by atoms with van der Waals surface area (Å²) >= 11 is 0. The second-order valence-electron chi connectivity index (χ2n) is 5.97. The van der Waals surface area contributed by atoms with Crippen molar-refractivity contribution in [2.24, 2.45) is 11.1 Å². The summed E-state index contributed by atoms with van der Waals surface area (Å²) in [7, 11) is 1.40. The Labute approximate surface area is 110 Å². The first-order valence-corrected chi connectivity index (χ1v) is 7.21. The number of rotatable bonds is 4. The lowest BCUT2D eigenvalue weighted by atomic mass is 9.77. The molecule has 0 bridgehead atoms. The molecule has 4 heteroatoms. The van der Waals surface area contributed by atoms with Gasteiger partial charge in [-0.05, 0) is 50.6 Å². The molecule has 0 radical (unpaired) electrons. The molecular formula is C14H26N2O2. The number of likely N-dealkylation sites (tertiary alicyclic amines) is 1. The lowest BCUT2D eigenvalue weighted by molar-refractivity contribution is -0.142. The zero-order valence-corrected chi connectivity index (χ0v) is 11.5. The van der Waals surface area contributed by atoms with E-state index in [1.165, 1.54) is 58.7 Å². The van der Waals surface area contributed by atoms with Gasteiger partial charge in [0.25, 0.3) is 0 Å². The molecule has 1 atom stereocenters. The first-order chi connectivity index (χ1) is 8.65. The Bertz CT molecular complexity index is 278. The van der Waals surface area contributed by atoms with Gasteiger partial charge in [0.15, 0.2) is 0 Å². The standard InChI is InChI=1S/C14H26N2O2/c1-18-13(17)12(15)4-9-16-10-7-14(8-11-16)5-2-3-6-14/h12H,2-11,15H2,1H3. The van der Waals surface area contributed by atoms with E-state index in [0.29, 0.717) is 11.8 Å². The Kier molecular flexibility index (Phi) is 4.62. The minimum absolute atomic E-state index is 0.292. The number of hydrogen-bond acceptors (Lipinski definition) is 4. The van der Waals surface area contributed by atoms with Crippen LogP contribution < -0.4 is 5.73 Å². The summed E-state index contributed by atoms with van der Waals surface area (Å²) in [5, 5.41) is 0. The zero-order valence-electron chi connectivity index (χ0n) is 11.5. The van der Waals surface area contributed by atoms with E-state index >= 15 is 0 Å². The van der Waals surface area contributed by atoms with Gasteiger partial charge in [-0.1, -0.05) is 12.8 Å². The van der Waals surface area contributed by atoms with Crippen molar-refractivity contribution in [2.45, 2.75) is 51.0 Å². The SMILES string of the molecule is COC(=O)C(N)CCN1CCC2(CCCC2)CC1. The topological polar surface area (TPSA) is 55.6 Å². The van der Waals surface area contributed by atoms with Gasteiger partial charge in [0, 0.05) is 6.54 Å². The first kappa shape index (κ1) is 13.8. The van der Waals surface area contributed by atoms with Crippen molar-refractivity contribution < 1.29 is 9.53 Å². The maximum absolute atomic E-state index is 11.2. The molecule has 1 aliphatic carbocycles. The molecule has 18 heavy (non-hydrogen) atoms. The van der Waals surface area contributed by atoms with Crippen LogP contribution in [0, 0.1) is 5.41 Å². The van der Waals surface area contributed by atoms with Crippen LogP contribution in [-0.4, -0.2) is 43.7 Å². The molecule has 2 N–H and O–H groups in total. The molecule has 0 amide bonds. The van der Waals surface area contributed by atoms with Crippen molar-refractivity contribution in [1.82, 2.24) is 4.90 Å². The highest BCUT2D eigenvalue weighted by Gasteiger charge is 2.36. The lowest BCUT2D eigenvalue weighted by Gasteiger charge is -2.39. The number of ether oxygens (including phenoxy) is 1. The molecule has 2 aliphatic rings. The summed E-state index contributed by atoms with van der Waals surface area (Å²) in [6, 6.07) is -0.461. The minimum atomic E-state index is -0.461. The predicted molar refractivity (Wildman–Crippen MR) is 71.2 cm³/mol. The minimum Gasteiger partial charge on any atom is -0.468 e. The summed E-state index contributed by atoms with van der Waals surface area (Å²) in [4.78, 5) is 13.7. The fraction of sp³-hybridized carbons (Fsp3) is 0.929. The third-order valence-electron chi connectivity index (χ3n) is 4.84. The van der Waals surface area contributed by atoms with Crippen LogP contribution in [0.25, 0.3) is 0 Å². The summed E-state index contributed by atoms with van der Waals surface area (Å²) < 4.78 is 4.65. The molecule has 0 aromatic heterocycles. The van der Waals surface area contributed by atoms with E-state index < -0.39 is 6.04 Å². The smallest absolute Gasteiger partial charge is 0.322 e. The van der Waals surface area contributed by atoms with Gasteiger partial charge in [0.1, 0.15) is 6.04 Å². The summed E-state index contributed by atoms with van der Waals surface area (Å²) in [5.74, 6) is -0.292. The van der Waals surface area contributed by atoms with Crippen LogP contribution in [0.4, 0.5) is 0 Å². The van der Waals surface area contributed by atoms with Crippen LogP contribution in [0.15, 0.2) is 0 Å². The van der Waals surface area contributed by atoms with Crippen LogP contribution in [0.1, 0.15) is 44.9 Å². The molecule has 1 heterocycles. The van der Waals surface area contributed by atoms with E-state index in [9.17, 15) is 4.79 Å². The van der Waals surface area contributed by atoms with Gasteiger partial charge in [-0.2, -0.15) is 0 Å². The second-order valence-corrected chi connectivity index (χ2v) is 5.97. The van der Waals surface area contributed by atoms with Crippen LogP contribution in [0.2, 0.25) is 0 Å². The summed E-state index contributed by atoms with van der Waals surface area (Å²) in [6.07, 6.45) is 9.09. The molecule has 2 rings (SSSR count). The molecule has 1 saturated carbocycles. The number of hydrogen-bond donors (Lipinski definition) is 1. The third kappa shape index (κ3) is 3.23. The number of methoxy groups -OCH3 is 1. The quantitative estimate of drug-likeness (QED) is 0.773. The molecule has 1 saturated heterocycles. The Balaban J connectivity index is 1.69. The number of carbonyl (C=O) groups excluding carboxylic acids is 1. The van der Waals surface area contributed by atoms with E-state index in [1.807, 2.05) is 0 Å². The molecule has 1 unspecified atom stereocenters. The van der Waals surface area contributed by atoms with Gasteiger partial charge >= 0.3 is 5.97 Å². The van der Waals surface area contributed by atoms with Crippen LogP contribution >= 0.6 is 0 Å². The highest BCUT2D eigenvalue weighted by atomic mass is 16.5. The average molecular weight is 254 g/mol.